The maximum Gasteiger partial charge on any atom is 0.133 e. The average Bonchev–Trinajstić information content (AvgIpc) is 2.80. The molecule has 110 valence electrons. The van der Waals surface area contributed by atoms with Gasteiger partial charge in [0.05, 0.1) is 5.60 Å². The van der Waals surface area contributed by atoms with Gasteiger partial charge in [-0.15, -0.1) is 0 Å². The molecule has 1 atom stereocenters. The highest BCUT2D eigenvalue weighted by Gasteiger charge is 2.27. The Balaban J connectivity index is 1.89. The minimum Gasteiger partial charge on any atom is -0.390 e. The Bertz CT molecular complexity index is 499. The third kappa shape index (κ3) is 2.67. The van der Waals surface area contributed by atoms with Crippen LogP contribution in [-0.2, 0) is 19.4 Å². The molecule has 1 fully saturated rings. The minimum absolute atomic E-state index is 0.533. The Morgan fingerprint density at radius 1 is 1.30 bits per heavy atom. The van der Waals surface area contributed by atoms with E-state index in [0.29, 0.717) is 6.54 Å². The predicted octanol–water partition coefficient (Wildman–Crippen LogP) is 1.77. The molecule has 2 heterocycles. The number of nitrogens with zero attached hydrogens (tertiary/aromatic N) is 2. The second kappa shape index (κ2) is 5.34. The van der Waals surface area contributed by atoms with Crippen LogP contribution in [0.25, 0.3) is 0 Å². The fraction of sp³-hybridized carbons (Fsp3) is 0.688. The van der Waals surface area contributed by atoms with Gasteiger partial charge in [0.2, 0.25) is 0 Å². The summed E-state index contributed by atoms with van der Waals surface area (Å²) in [6, 6.07) is 2.26. The molecule has 3 rings (SSSR count). The van der Waals surface area contributed by atoms with E-state index in [2.05, 4.69) is 11.0 Å². The van der Waals surface area contributed by atoms with Gasteiger partial charge in [0.15, 0.2) is 0 Å². The van der Waals surface area contributed by atoms with Crippen LogP contribution in [0.3, 0.4) is 0 Å². The SMILES string of the molecule is CC1(O)CCCN(c2nc3c(cc2CN)CCC3)CC1. The lowest BCUT2D eigenvalue weighted by Gasteiger charge is -2.26. The molecule has 1 aliphatic carbocycles. The Morgan fingerprint density at radius 2 is 2.15 bits per heavy atom. The molecular formula is C16H25N3O. The van der Waals surface area contributed by atoms with E-state index >= 15 is 0 Å². The molecule has 1 unspecified atom stereocenters. The predicted molar refractivity (Wildman–Crippen MR) is 80.8 cm³/mol. The van der Waals surface area contributed by atoms with Crippen LogP contribution in [0.2, 0.25) is 0 Å². The first-order valence-electron chi connectivity index (χ1n) is 7.78. The molecule has 0 bridgehead atoms. The van der Waals surface area contributed by atoms with Gasteiger partial charge in [-0.05, 0) is 57.1 Å². The molecular weight excluding hydrogens is 250 g/mol. The van der Waals surface area contributed by atoms with Crippen molar-refractivity contribution in [3.8, 4) is 0 Å². The quantitative estimate of drug-likeness (QED) is 0.863. The Labute approximate surface area is 121 Å². The van der Waals surface area contributed by atoms with Gasteiger partial charge in [0.1, 0.15) is 5.82 Å². The van der Waals surface area contributed by atoms with Crippen molar-refractivity contribution < 1.29 is 5.11 Å². The third-order valence-electron chi connectivity index (χ3n) is 4.69. The molecule has 2 aliphatic rings. The summed E-state index contributed by atoms with van der Waals surface area (Å²) < 4.78 is 0. The fourth-order valence-electron chi connectivity index (χ4n) is 3.41. The lowest BCUT2D eigenvalue weighted by molar-refractivity contribution is 0.0481. The van der Waals surface area contributed by atoms with Crippen molar-refractivity contribution in [2.75, 3.05) is 18.0 Å². The molecule has 1 aliphatic heterocycles. The standard InChI is InChI=1S/C16H25N3O/c1-16(20)6-3-8-19(9-7-16)15-13(11-17)10-12-4-2-5-14(12)18-15/h10,20H,2-9,11,17H2,1H3. The number of aryl methyl sites for hydroxylation is 2. The molecule has 3 N–H and O–H groups in total. The molecule has 1 saturated heterocycles. The highest BCUT2D eigenvalue weighted by atomic mass is 16.3. The Hall–Kier alpha value is -1.13. The van der Waals surface area contributed by atoms with E-state index in [0.717, 1.165) is 56.6 Å². The largest absolute Gasteiger partial charge is 0.390 e. The third-order valence-corrected chi connectivity index (χ3v) is 4.69. The maximum atomic E-state index is 10.2. The van der Waals surface area contributed by atoms with Crippen molar-refractivity contribution in [3.63, 3.8) is 0 Å². The lowest BCUT2D eigenvalue weighted by atomic mass is 9.98. The zero-order chi connectivity index (χ0) is 14.2. The number of pyridine rings is 1. The lowest BCUT2D eigenvalue weighted by Crippen LogP contribution is -2.30. The van der Waals surface area contributed by atoms with Crippen LogP contribution in [0, 0.1) is 0 Å². The van der Waals surface area contributed by atoms with Crippen molar-refractivity contribution in [3.05, 3.63) is 22.9 Å². The van der Waals surface area contributed by atoms with Crippen molar-refractivity contribution in [2.24, 2.45) is 5.73 Å². The van der Waals surface area contributed by atoms with E-state index in [1.165, 1.54) is 17.7 Å². The highest BCUT2D eigenvalue weighted by molar-refractivity contribution is 5.51. The monoisotopic (exact) mass is 275 g/mol. The van der Waals surface area contributed by atoms with Crippen LogP contribution in [0.4, 0.5) is 5.82 Å². The number of aromatic nitrogens is 1. The molecule has 0 saturated carbocycles. The molecule has 0 aromatic carbocycles. The summed E-state index contributed by atoms with van der Waals surface area (Å²) in [4.78, 5) is 7.22. The smallest absolute Gasteiger partial charge is 0.133 e. The van der Waals surface area contributed by atoms with Gasteiger partial charge < -0.3 is 15.7 Å². The van der Waals surface area contributed by atoms with Gasteiger partial charge in [-0.25, -0.2) is 4.98 Å². The summed E-state index contributed by atoms with van der Waals surface area (Å²) in [5, 5.41) is 10.2. The summed E-state index contributed by atoms with van der Waals surface area (Å²) in [6.45, 7) is 4.32. The summed E-state index contributed by atoms with van der Waals surface area (Å²) in [6.07, 6.45) is 6.13. The van der Waals surface area contributed by atoms with Crippen LogP contribution in [0.15, 0.2) is 6.07 Å². The normalized spacial score (nSPS) is 26.4. The van der Waals surface area contributed by atoms with Gasteiger partial charge in [-0.3, -0.25) is 0 Å². The molecule has 20 heavy (non-hydrogen) atoms. The number of aliphatic hydroxyl groups is 1. The van der Waals surface area contributed by atoms with Gasteiger partial charge >= 0.3 is 0 Å². The second-order valence-electron chi connectivity index (χ2n) is 6.47. The molecule has 0 spiro atoms. The fourth-order valence-corrected chi connectivity index (χ4v) is 3.41. The second-order valence-corrected chi connectivity index (χ2v) is 6.47. The van der Waals surface area contributed by atoms with E-state index in [9.17, 15) is 5.11 Å². The first-order valence-corrected chi connectivity index (χ1v) is 7.78. The van der Waals surface area contributed by atoms with E-state index in [-0.39, 0.29) is 0 Å². The van der Waals surface area contributed by atoms with Gasteiger partial charge in [-0.2, -0.15) is 0 Å². The first-order chi connectivity index (χ1) is 9.59. The molecule has 4 nitrogen and oxygen atoms in total. The van der Waals surface area contributed by atoms with E-state index in [1.807, 2.05) is 6.92 Å². The van der Waals surface area contributed by atoms with Crippen LogP contribution >= 0.6 is 0 Å². The summed E-state index contributed by atoms with van der Waals surface area (Å²) in [7, 11) is 0. The topological polar surface area (TPSA) is 62.4 Å². The summed E-state index contributed by atoms with van der Waals surface area (Å²) in [5.41, 5.74) is 9.20. The number of fused-ring (bicyclic) bond motifs is 1. The van der Waals surface area contributed by atoms with Crippen molar-refractivity contribution >= 4 is 5.82 Å². The number of hydrogen-bond donors (Lipinski definition) is 2. The first kappa shape index (κ1) is 13.8. The molecule has 1 aromatic heterocycles. The van der Waals surface area contributed by atoms with Crippen LogP contribution in [0.1, 0.15) is 49.4 Å². The van der Waals surface area contributed by atoms with E-state index in [4.69, 9.17) is 10.7 Å². The van der Waals surface area contributed by atoms with E-state index in [1.54, 1.807) is 0 Å². The number of nitrogens with two attached hydrogens (primary N) is 1. The van der Waals surface area contributed by atoms with Gasteiger partial charge in [-0.1, -0.05) is 0 Å². The highest BCUT2D eigenvalue weighted by Crippen LogP contribution is 2.30. The molecule has 1 aromatic rings. The van der Waals surface area contributed by atoms with E-state index < -0.39 is 5.60 Å². The van der Waals surface area contributed by atoms with Crippen LogP contribution in [-0.4, -0.2) is 28.8 Å². The molecule has 0 amide bonds. The van der Waals surface area contributed by atoms with Crippen LogP contribution in [0.5, 0.6) is 0 Å². The van der Waals surface area contributed by atoms with Crippen molar-refractivity contribution in [1.82, 2.24) is 4.98 Å². The van der Waals surface area contributed by atoms with Gasteiger partial charge in [0.25, 0.3) is 0 Å². The van der Waals surface area contributed by atoms with Crippen molar-refractivity contribution in [2.45, 2.75) is 57.6 Å². The maximum absolute atomic E-state index is 10.2. The summed E-state index contributed by atoms with van der Waals surface area (Å²) in [5.74, 6) is 1.06. The summed E-state index contributed by atoms with van der Waals surface area (Å²) >= 11 is 0. The molecule has 4 heteroatoms. The zero-order valence-corrected chi connectivity index (χ0v) is 12.4. The number of anilines is 1. The number of hydrogen-bond acceptors (Lipinski definition) is 4. The zero-order valence-electron chi connectivity index (χ0n) is 12.4. The Kier molecular flexibility index (Phi) is 3.69. The molecule has 0 radical (unpaired) electrons. The minimum atomic E-state index is -0.533. The van der Waals surface area contributed by atoms with Crippen LogP contribution < -0.4 is 10.6 Å². The Morgan fingerprint density at radius 3 is 2.95 bits per heavy atom. The van der Waals surface area contributed by atoms with Crippen molar-refractivity contribution in [1.29, 1.82) is 0 Å². The number of rotatable bonds is 2. The van der Waals surface area contributed by atoms with Gasteiger partial charge in [0, 0.05) is 30.9 Å². The average molecular weight is 275 g/mol.